The van der Waals surface area contributed by atoms with Crippen LogP contribution in [0.5, 0.6) is 0 Å². The zero-order chi connectivity index (χ0) is 13.8. The molecule has 0 aliphatic heterocycles. The van der Waals surface area contributed by atoms with Gasteiger partial charge in [-0.05, 0) is 12.8 Å². The summed E-state index contributed by atoms with van der Waals surface area (Å²) in [5.74, 6) is -2.39. The SMILES string of the molecule is C=CCCCC(=O)OCCOC(=O)/C=C/C(=O)O. The second-order valence-corrected chi connectivity index (χ2v) is 3.24. The van der Waals surface area contributed by atoms with E-state index in [0.717, 1.165) is 12.5 Å². The Morgan fingerprint density at radius 1 is 1.11 bits per heavy atom. The van der Waals surface area contributed by atoms with Gasteiger partial charge in [-0.3, -0.25) is 4.79 Å². The third-order valence-electron chi connectivity index (χ3n) is 1.74. The fraction of sp³-hybridized carbons (Fsp3) is 0.417. The van der Waals surface area contributed by atoms with E-state index in [4.69, 9.17) is 9.84 Å². The van der Waals surface area contributed by atoms with E-state index < -0.39 is 11.9 Å². The molecule has 0 aliphatic carbocycles. The van der Waals surface area contributed by atoms with Crippen LogP contribution in [0.4, 0.5) is 0 Å². The van der Waals surface area contributed by atoms with Gasteiger partial charge in [0.15, 0.2) is 0 Å². The molecule has 0 saturated heterocycles. The first kappa shape index (κ1) is 15.9. The molecule has 0 heterocycles. The molecular formula is C12H16O6. The number of hydrogen-bond donors (Lipinski definition) is 1. The molecule has 0 fully saturated rings. The average molecular weight is 256 g/mol. The van der Waals surface area contributed by atoms with E-state index in [0.29, 0.717) is 18.9 Å². The molecule has 0 aromatic heterocycles. The molecule has 18 heavy (non-hydrogen) atoms. The van der Waals surface area contributed by atoms with E-state index in [9.17, 15) is 14.4 Å². The number of carboxylic acids is 1. The van der Waals surface area contributed by atoms with Crippen molar-refractivity contribution >= 4 is 17.9 Å². The molecule has 0 amide bonds. The predicted molar refractivity (Wildman–Crippen MR) is 62.7 cm³/mol. The van der Waals surface area contributed by atoms with Gasteiger partial charge in [0.05, 0.1) is 0 Å². The Balaban J connectivity index is 3.55. The van der Waals surface area contributed by atoms with Crippen LogP contribution in [-0.4, -0.2) is 36.2 Å². The van der Waals surface area contributed by atoms with Crippen molar-refractivity contribution in [1.82, 2.24) is 0 Å². The lowest BCUT2D eigenvalue weighted by Crippen LogP contribution is -2.12. The molecule has 0 aromatic carbocycles. The van der Waals surface area contributed by atoms with Crippen molar-refractivity contribution in [3.63, 3.8) is 0 Å². The van der Waals surface area contributed by atoms with Crippen molar-refractivity contribution in [3.8, 4) is 0 Å². The second-order valence-electron chi connectivity index (χ2n) is 3.24. The molecular weight excluding hydrogens is 240 g/mol. The number of carbonyl (C=O) groups is 3. The van der Waals surface area contributed by atoms with Crippen LogP contribution in [0.25, 0.3) is 0 Å². The van der Waals surface area contributed by atoms with E-state index in [1.54, 1.807) is 6.08 Å². The summed E-state index contributed by atoms with van der Waals surface area (Å²) in [5.41, 5.74) is 0. The number of allylic oxidation sites excluding steroid dienone is 1. The van der Waals surface area contributed by atoms with Gasteiger partial charge in [-0.1, -0.05) is 6.08 Å². The fourth-order valence-electron chi connectivity index (χ4n) is 0.948. The van der Waals surface area contributed by atoms with Gasteiger partial charge in [0.2, 0.25) is 0 Å². The van der Waals surface area contributed by atoms with Gasteiger partial charge in [-0.25, -0.2) is 9.59 Å². The lowest BCUT2D eigenvalue weighted by atomic mass is 10.2. The largest absolute Gasteiger partial charge is 0.478 e. The summed E-state index contributed by atoms with van der Waals surface area (Å²) in [6.45, 7) is 3.38. The van der Waals surface area contributed by atoms with Crippen LogP contribution in [0.15, 0.2) is 24.8 Å². The highest BCUT2D eigenvalue weighted by Crippen LogP contribution is 1.97. The molecule has 0 radical (unpaired) electrons. The number of carboxylic acid groups (broad SMARTS) is 1. The molecule has 1 N–H and O–H groups in total. The van der Waals surface area contributed by atoms with Gasteiger partial charge in [0.25, 0.3) is 0 Å². The number of rotatable bonds is 9. The minimum absolute atomic E-state index is 0.0421. The molecule has 6 heteroatoms. The maximum absolute atomic E-state index is 11.1. The van der Waals surface area contributed by atoms with Gasteiger partial charge in [0, 0.05) is 18.6 Å². The third kappa shape index (κ3) is 10.4. The van der Waals surface area contributed by atoms with Crippen molar-refractivity contribution < 1.29 is 29.0 Å². The van der Waals surface area contributed by atoms with Crippen LogP contribution in [0.2, 0.25) is 0 Å². The number of aliphatic carboxylic acids is 1. The first-order chi connectivity index (χ1) is 8.56. The molecule has 0 aliphatic rings. The zero-order valence-corrected chi connectivity index (χ0v) is 9.96. The molecule has 0 rings (SSSR count). The predicted octanol–water partition coefficient (Wildman–Crippen LogP) is 1.07. The van der Waals surface area contributed by atoms with Crippen LogP contribution in [0.3, 0.4) is 0 Å². The van der Waals surface area contributed by atoms with Crippen LogP contribution in [0, 0.1) is 0 Å². The van der Waals surface area contributed by atoms with Gasteiger partial charge in [-0.2, -0.15) is 0 Å². The summed E-state index contributed by atoms with van der Waals surface area (Å²) in [7, 11) is 0. The Labute approximate surface area is 105 Å². The van der Waals surface area contributed by atoms with Crippen molar-refractivity contribution in [2.45, 2.75) is 19.3 Å². The number of ether oxygens (including phenoxy) is 2. The van der Waals surface area contributed by atoms with Crippen molar-refractivity contribution in [1.29, 1.82) is 0 Å². The van der Waals surface area contributed by atoms with E-state index in [1.807, 2.05) is 0 Å². The Bertz CT molecular complexity index is 331. The second kappa shape index (κ2) is 10.1. The van der Waals surface area contributed by atoms with Crippen molar-refractivity contribution in [3.05, 3.63) is 24.8 Å². The Kier molecular flexibility index (Phi) is 8.89. The Morgan fingerprint density at radius 3 is 2.39 bits per heavy atom. The molecule has 6 nitrogen and oxygen atoms in total. The van der Waals surface area contributed by atoms with Crippen LogP contribution in [0.1, 0.15) is 19.3 Å². The quantitative estimate of drug-likeness (QED) is 0.287. The molecule has 0 spiro atoms. The maximum atomic E-state index is 11.1. The molecule has 0 atom stereocenters. The fourth-order valence-corrected chi connectivity index (χ4v) is 0.948. The van der Waals surface area contributed by atoms with Crippen molar-refractivity contribution in [2.75, 3.05) is 13.2 Å². The first-order valence-electron chi connectivity index (χ1n) is 5.40. The number of unbranched alkanes of at least 4 members (excludes halogenated alkanes) is 1. The summed E-state index contributed by atoms with van der Waals surface area (Å²) in [4.78, 5) is 32.0. The Hall–Kier alpha value is -2.11. The summed E-state index contributed by atoms with van der Waals surface area (Å²) >= 11 is 0. The highest BCUT2D eigenvalue weighted by Gasteiger charge is 2.03. The van der Waals surface area contributed by atoms with Gasteiger partial charge >= 0.3 is 17.9 Å². The minimum Gasteiger partial charge on any atom is -0.478 e. The third-order valence-corrected chi connectivity index (χ3v) is 1.74. The van der Waals surface area contributed by atoms with Gasteiger partial charge in [0.1, 0.15) is 13.2 Å². The summed E-state index contributed by atoms with van der Waals surface area (Å²) in [6.07, 6.45) is 4.87. The average Bonchev–Trinajstić information content (AvgIpc) is 2.32. The lowest BCUT2D eigenvalue weighted by molar-refractivity contribution is -0.149. The maximum Gasteiger partial charge on any atom is 0.331 e. The summed E-state index contributed by atoms with van der Waals surface area (Å²) in [6, 6.07) is 0. The monoisotopic (exact) mass is 256 g/mol. The molecule has 100 valence electrons. The van der Waals surface area contributed by atoms with Gasteiger partial charge in [-0.15, -0.1) is 6.58 Å². The summed E-state index contributed by atoms with van der Waals surface area (Å²) in [5, 5.41) is 8.24. The molecule has 0 saturated carbocycles. The number of hydrogen-bond acceptors (Lipinski definition) is 5. The zero-order valence-electron chi connectivity index (χ0n) is 9.96. The lowest BCUT2D eigenvalue weighted by Gasteiger charge is -2.04. The van der Waals surface area contributed by atoms with E-state index in [2.05, 4.69) is 11.3 Å². The smallest absolute Gasteiger partial charge is 0.331 e. The highest BCUT2D eigenvalue weighted by atomic mass is 16.6. The number of esters is 2. The van der Waals surface area contributed by atoms with E-state index >= 15 is 0 Å². The van der Waals surface area contributed by atoms with Crippen LogP contribution in [-0.2, 0) is 23.9 Å². The summed E-state index contributed by atoms with van der Waals surface area (Å²) < 4.78 is 9.36. The topological polar surface area (TPSA) is 89.9 Å². The molecule has 0 unspecified atom stereocenters. The van der Waals surface area contributed by atoms with Crippen LogP contribution < -0.4 is 0 Å². The van der Waals surface area contributed by atoms with Crippen molar-refractivity contribution in [2.24, 2.45) is 0 Å². The van der Waals surface area contributed by atoms with Gasteiger partial charge < -0.3 is 14.6 Å². The molecule has 0 aromatic rings. The van der Waals surface area contributed by atoms with E-state index in [-0.39, 0.29) is 19.2 Å². The standard InChI is InChI=1S/C12H16O6/c1-2-3-4-5-11(15)17-8-9-18-12(16)7-6-10(13)14/h2,6-7H,1,3-5,8-9H2,(H,13,14)/b7-6+. The minimum atomic E-state index is -1.24. The first-order valence-corrected chi connectivity index (χ1v) is 5.40. The highest BCUT2D eigenvalue weighted by molar-refractivity contribution is 5.90. The number of carbonyl (C=O) groups excluding carboxylic acids is 2. The van der Waals surface area contributed by atoms with E-state index in [1.165, 1.54) is 0 Å². The normalized spacial score (nSPS) is 10.0. The Morgan fingerprint density at radius 2 is 1.78 bits per heavy atom. The van der Waals surface area contributed by atoms with Crippen LogP contribution >= 0.6 is 0 Å². The molecule has 0 bridgehead atoms.